The molecule has 0 saturated carbocycles. The number of rotatable bonds is 7. The molecule has 0 aliphatic carbocycles. The summed E-state index contributed by atoms with van der Waals surface area (Å²) < 4.78 is 0. The zero-order valence-electron chi connectivity index (χ0n) is 14.5. The Balaban J connectivity index is 2.81. The van der Waals surface area contributed by atoms with Crippen molar-refractivity contribution in [3.05, 3.63) is 11.6 Å². The quantitative estimate of drug-likeness (QED) is 0.521. The fraction of sp³-hybridized carbons (Fsp3) is 0.778. The number of hydrogen-bond acceptors (Lipinski definition) is 2. The standard InChI is InChI=1S/C18H31NO2/c1-7-9-13(3)10-14(4)12-18(5,6)15-11-16(20)19(8-2)17(15)21/h12-13,15H,7-11H2,1-6H3. The van der Waals surface area contributed by atoms with Crippen LogP contribution in [0.3, 0.4) is 0 Å². The SMILES string of the molecule is CCCC(C)CC(C)=CC(C)(C)C1CC(=O)N(CC)C1=O. The van der Waals surface area contributed by atoms with Crippen LogP contribution < -0.4 is 0 Å². The fourth-order valence-electron chi connectivity index (χ4n) is 3.54. The van der Waals surface area contributed by atoms with Gasteiger partial charge in [0, 0.05) is 13.0 Å². The molecule has 1 rings (SSSR count). The summed E-state index contributed by atoms with van der Waals surface area (Å²) in [6.45, 7) is 13.1. The van der Waals surface area contributed by atoms with Gasteiger partial charge in [-0.3, -0.25) is 14.5 Å². The van der Waals surface area contributed by atoms with Gasteiger partial charge in [-0.05, 0) is 31.6 Å². The van der Waals surface area contributed by atoms with Crippen molar-refractivity contribution < 1.29 is 9.59 Å². The van der Waals surface area contributed by atoms with Crippen molar-refractivity contribution in [2.75, 3.05) is 6.54 Å². The predicted octanol–water partition coefficient (Wildman–Crippen LogP) is 4.18. The Hall–Kier alpha value is -1.12. The first kappa shape index (κ1) is 17.9. The maximum atomic E-state index is 12.4. The summed E-state index contributed by atoms with van der Waals surface area (Å²) in [7, 11) is 0. The number of hydrogen-bond donors (Lipinski definition) is 0. The van der Waals surface area contributed by atoms with Gasteiger partial charge < -0.3 is 0 Å². The molecule has 2 unspecified atom stereocenters. The number of imide groups is 1. The van der Waals surface area contributed by atoms with Gasteiger partial charge in [0.25, 0.3) is 0 Å². The molecule has 21 heavy (non-hydrogen) atoms. The van der Waals surface area contributed by atoms with Crippen LogP contribution in [0.4, 0.5) is 0 Å². The minimum atomic E-state index is -0.257. The summed E-state index contributed by atoms with van der Waals surface area (Å²) in [6.07, 6.45) is 6.08. The zero-order valence-corrected chi connectivity index (χ0v) is 14.5. The summed E-state index contributed by atoms with van der Waals surface area (Å²) in [6, 6.07) is 0. The lowest BCUT2D eigenvalue weighted by molar-refractivity contribution is -0.139. The van der Waals surface area contributed by atoms with Gasteiger partial charge in [-0.15, -0.1) is 0 Å². The Bertz CT molecular complexity index is 423. The van der Waals surface area contributed by atoms with Gasteiger partial charge >= 0.3 is 0 Å². The molecule has 2 atom stereocenters. The molecule has 0 radical (unpaired) electrons. The average molecular weight is 293 g/mol. The zero-order chi connectivity index (χ0) is 16.2. The molecular weight excluding hydrogens is 262 g/mol. The molecule has 1 aliphatic rings. The van der Waals surface area contributed by atoms with Gasteiger partial charge in [-0.2, -0.15) is 0 Å². The van der Waals surface area contributed by atoms with Crippen LogP contribution >= 0.6 is 0 Å². The van der Waals surface area contributed by atoms with E-state index in [2.05, 4.69) is 40.7 Å². The van der Waals surface area contributed by atoms with Gasteiger partial charge in [0.2, 0.25) is 11.8 Å². The molecule has 1 saturated heterocycles. The van der Waals surface area contributed by atoms with E-state index in [1.165, 1.54) is 23.3 Å². The van der Waals surface area contributed by atoms with Gasteiger partial charge in [0.05, 0.1) is 5.92 Å². The number of likely N-dealkylation sites (tertiary alicyclic amines) is 1. The van der Waals surface area contributed by atoms with Gasteiger partial charge in [0.15, 0.2) is 0 Å². The maximum Gasteiger partial charge on any atom is 0.233 e. The van der Waals surface area contributed by atoms with Crippen molar-refractivity contribution in [3.63, 3.8) is 0 Å². The van der Waals surface area contributed by atoms with Crippen LogP contribution in [-0.2, 0) is 9.59 Å². The Morgan fingerprint density at radius 3 is 2.48 bits per heavy atom. The summed E-state index contributed by atoms with van der Waals surface area (Å²) >= 11 is 0. The van der Waals surface area contributed by atoms with Crippen LogP contribution in [0, 0.1) is 17.3 Å². The van der Waals surface area contributed by atoms with E-state index >= 15 is 0 Å². The van der Waals surface area contributed by atoms with Crippen LogP contribution in [0.1, 0.15) is 67.2 Å². The van der Waals surface area contributed by atoms with E-state index in [9.17, 15) is 9.59 Å². The van der Waals surface area contributed by atoms with E-state index in [0.29, 0.717) is 18.9 Å². The van der Waals surface area contributed by atoms with E-state index in [1.54, 1.807) is 0 Å². The van der Waals surface area contributed by atoms with Crippen LogP contribution in [0.5, 0.6) is 0 Å². The van der Waals surface area contributed by atoms with Crippen molar-refractivity contribution >= 4 is 11.8 Å². The highest BCUT2D eigenvalue weighted by atomic mass is 16.2. The van der Waals surface area contributed by atoms with Crippen molar-refractivity contribution in [3.8, 4) is 0 Å². The minimum Gasteiger partial charge on any atom is -0.283 e. The van der Waals surface area contributed by atoms with Crippen molar-refractivity contribution in [2.24, 2.45) is 17.3 Å². The molecule has 1 fully saturated rings. The highest BCUT2D eigenvalue weighted by molar-refractivity contribution is 6.04. The van der Waals surface area contributed by atoms with E-state index in [4.69, 9.17) is 0 Å². The maximum absolute atomic E-state index is 12.4. The first-order valence-corrected chi connectivity index (χ1v) is 8.25. The van der Waals surface area contributed by atoms with E-state index in [1.807, 2.05) is 6.92 Å². The van der Waals surface area contributed by atoms with E-state index in [0.717, 1.165) is 6.42 Å². The number of carbonyl (C=O) groups excluding carboxylic acids is 2. The van der Waals surface area contributed by atoms with Crippen molar-refractivity contribution in [1.29, 1.82) is 0 Å². The molecule has 0 aromatic heterocycles. The molecule has 3 heteroatoms. The second kappa shape index (κ2) is 7.24. The van der Waals surface area contributed by atoms with Gasteiger partial charge in [-0.25, -0.2) is 0 Å². The first-order chi connectivity index (χ1) is 9.72. The third kappa shape index (κ3) is 4.42. The van der Waals surface area contributed by atoms with Crippen molar-refractivity contribution in [2.45, 2.75) is 67.2 Å². The molecular formula is C18H31NO2. The highest BCUT2D eigenvalue weighted by Crippen LogP contribution is 2.38. The molecule has 0 aromatic carbocycles. The van der Waals surface area contributed by atoms with Gasteiger partial charge in [-0.1, -0.05) is 52.2 Å². The summed E-state index contributed by atoms with van der Waals surface area (Å²) in [4.78, 5) is 25.7. The number of amides is 2. The normalized spacial score (nSPS) is 22.1. The second-order valence-electron chi connectivity index (χ2n) is 7.14. The summed E-state index contributed by atoms with van der Waals surface area (Å²) in [5.74, 6) is 0.445. The number of carbonyl (C=O) groups is 2. The van der Waals surface area contributed by atoms with Crippen LogP contribution in [0.25, 0.3) is 0 Å². The number of allylic oxidation sites excluding steroid dienone is 2. The molecule has 0 bridgehead atoms. The molecule has 120 valence electrons. The molecule has 3 nitrogen and oxygen atoms in total. The Labute approximate surface area is 129 Å². The Kier molecular flexibility index (Phi) is 6.18. The lowest BCUT2D eigenvalue weighted by atomic mass is 9.76. The molecule has 1 heterocycles. The molecule has 0 spiro atoms. The van der Waals surface area contributed by atoms with E-state index < -0.39 is 0 Å². The molecule has 0 N–H and O–H groups in total. The van der Waals surface area contributed by atoms with Crippen LogP contribution in [-0.4, -0.2) is 23.3 Å². The van der Waals surface area contributed by atoms with Crippen LogP contribution in [0.15, 0.2) is 11.6 Å². The number of nitrogens with zero attached hydrogens (tertiary/aromatic N) is 1. The highest BCUT2D eigenvalue weighted by Gasteiger charge is 2.45. The Morgan fingerprint density at radius 1 is 1.38 bits per heavy atom. The third-order valence-electron chi connectivity index (χ3n) is 4.53. The smallest absolute Gasteiger partial charge is 0.233 e. The topological polar surface area (TPSA) is 37.4 Å². The van der Waals surface area contributed by atoms with Crippen LogP contribution in [0.2, 0.25) is 0 Å². The summed E-state index contributed by atoms with van der Waals surface area (Å²) in [5, 5.41) is 0. The first-order valence-electron chi connectivity index (χ1n) is 8.25. The molecule has 1 aliphatic heterocycles. The lowest BCUT2D eigenvalue weighted by Crippen LogP contribution is -2.34. The average Bonchev–Trinajstić information content (AvgIpc) is 2.64. The monoisotopic (exact) mass is 293 g/mol. The largest absolute Gasteiger partial charge is 0.283 e. The predicted molar refractivity (Wildman–Crippen MR) is 86.7 cm³/mol. The minimum absolute atomic E-state index is 0.00171. The van der Waals surface area contributed by atoms with Gasteiger partial charge in [0.1, 0.15) is 0 Å². The second-order valence-corrected chi connectivity index (χ2v) is 7.14. The van der Waals surface area contributed by atoms with E-state index in [-0.39, 0.29) is 23.1 Å². The summed E-state index contributed by atoms with van der Waals surface area (Å²) in [5.41, 5.74) is 1.07. The fourth-order valence-corrected chi connectivity index (χ4v) is 3.54. The van der Waals surface area contributed by atoms with Crippen molar-refractivity contribution in [1.82, 2.24) is 4.90 Å². The molecule has 0 aromatic rings. The Morgan fingerprint density at radius 2 is 2.00 bits per heavy atom. The molecule has 2 amide bonds. The third-order valence-corrected chi connectivity index (χ3v) is 4.53. The lowest BCUT2D eigenvalue weighted by Gasteiger charge is -2.28.